The van der Waals surface area contributed by atoms with E-state index < -0.39 is 14.8 Å². The van der Waals surface area contributed by atoms with E-state index in [9.17, 15) is 9.90 Å². The summed E-state index contributed by atoms with van der Waals surface area (Å²) in [6.45, 7) is 4.48. The molecule has 132 valence electrons. The van der Waals surface area contributed by atoms with Gasteiger partial charge in [-0.25, -0.2) is 4.79 Å². The predicted molar refractivity (Wildman–Crippen MR) is 109 cm³/mol. The summed E-state index contributed by atoms with van der Waals surface area (Å²) in [5.41, 5.74) is 4.25. The number of carbonyl (C=O) groups is 1. The summed E-state index contributed by atoms with van der Waals surface area (Å²) in [7, 11) is 0.646. The number of rotatable bonds is 5. The second-order valence-electron chi connectivity index (χ2n) is 6.57. The van der Waals surface area contributed by atoms with Gasteiger partial charge in [-0.05, 0) is 40.5 Å². The number of carboxylic acid groups (broad SMARTS) is 1. The first-order chi connectivity index (χ1) is 12.5. The van der Waals surface area contributed by atoms with Gasteiger partial charge in [0.2, 0.25) is 0 Å². The highest BCUT2D eigenvalue weighted by molar-refractivity contribution is 6.70. The first-order valence-electron chi connectivity index (χ1n) is 8.61. The summed E-state index contributed by atoms with van der Waals surface area (Å²) >= 11 is 0. The quantitative estimate of drug-likeness (QED) is 0.684. The Kier molecular flexibility index (Phi) is 5.23. The third kappa shape index (κ3) is 3.70. The van der Waals surface area contributed by atoms with Gasteiger partial charge in [-0.1, -0.05) is 66.8 Å². The maximum atomic E-state index is 11.6. The van der Waals surface area contributed by atoms with Crippen LogP contribution >= 0.6 is 0 Å². The lowest BCUT2D eigenvalue weighted by molar-refractivity contribution is 0.0698. The number of ether oxygens (including phenoxy) is 1. The molecule has 0 aliphatic rings. The Morgan fingerprint density at radius 1 is 0.846 bits per heavy atom. The molecule has 1 N–H and O–H groups in total. The lowest BCUT2D eigenvalue weighted by Gasteiger charge is -2.12. The van der Waals surface area contributed by atoms with E-state index in [1.807, 2.05) is 60.7 Å². The maximum Gasteiger partial charge on any atom is 0.336 e. The molecule has 0 saturated carbocycles. The lowest BCUT2D eigenvalue weighted by atomic mass is 9.97. The Morgan fingerprint density at radius 2 is 1.38 bits per heavy atom. The van der Waals surface area contributed by atoms with Gasteiger partial charge in [-0.2, -0.15) is 0 Å². The van der Waals surface area contributed by atoms with Crippen LogP contribution in [0.15, 0.2) is 66.7 Å². The Labute approximate surface area is 155 Å². The van der Waals surface area contributed by atoms with Crippen LogP contribution < -0.4 is 9.92 Å². The van der Waals surface area contributed by atoms with Gasteiger partial charge >= 0.3 is 5.97 Å². The molecule has 3 aromatic rings. The van der Waals surface area contributed by atoms with Gasteiger partial charge in [0, 0.05) is 0 Å². The number of aromatic carboxylic acids is 1. The molecule has 3 aromatic carbocycles. The maximum absolute atomic E-state index is 11.6. The van der Waals surface area contributed by atoms with Crippen LogP contribution in [0.25, 0.3) is 22.3 Å². The Balaban J connectivity index is 1.99. The van der Waals surface area contributed by atoms with E-state index in [2.05, 4.69) is 13.1 Å². The SMILES string of the molecule is COc1ccc(-c2ccc(-c3cc([SiH](C)C)ccc3C(=O)O)cc2)cc1. The van der Waals surface area contributed by atoms with Crippen molar-refractivity contribution in [1.82, 2.24) is 0 Å². The number of hydrogen-bond acceptors (Lipinski definition) is 2. The summed E-state index contributed by atoms with van der Waals surface area (Å²) in [6.07, 6.45) is 0. The standard InChI is InChI=1S/C22H22O3Si/c1-25-18-10-8-16(9-11-18)15-4-6-17(7-5-15)21-14-19(26(2)3)12-13-20(21)22(23)24/h4-14,26H,1-3H3,(H,23,24). The topological polar surface area (TPSA) is 46.5 Å². The molecule has 0 radical (unpaired) electrons. The average Bonchev–Trinajstić information content (AvgIpc) is 2.67. The first-order valence-corrected chi connectivity index (χ1v) is 11.5. The highest BCUT2D eigenvalue weighted by Crippen LogP contribution is 2.28. The second kappa shape index (κ2) is 7.58. The van der Waals surface area contributed by atoms with E-state index in [-0.39, 0.29) is 0 Å². The molecule has 0 aliphatic heterocycles. The van der Waals surface area contributed by atoms with Crippen LogP contribution in [0.2, 0.25) is 13.1 Å². The van der Waals surface area contributed by atoms with Gasteiger partial charge in [-0.3, -0.25) is 0 Å². The molecule has 26 heavy (non-hydrogen) atoms. The fourth-order valence-corrected chi connectivity index (χ4v) is 3.95. The molecule has 0 atom stereocenters. The van der Waals surface area contributed by atoms with Gasteiger partial charge < -0.3 is 9.84 Å². The molecule has 0 unspecified atom stereocenters. The van der Waals surface area contributed by atoms with Crippen LogP contribution in [-0.2, 0) is 0 Å². The van der Waals surface area contributed by atoms with Crippen molar-refractivity contribution in [3.8, 4) is 28.0 Å². The largest absolute Gasteiger partial charge is 0.497 e. The van der Waals surface area contributed by atoms with Gasteiger partial charge in [0.1, 0.15) is 5.75 Å². The minimum Gasteiger partial charge on any atom is -0.497 e. The Bertz CT molecular complexity index is 913. The zero-order valence-electron chi connectivity index (χ0n) is 15.2. The normalized spacial score (nSPS) is 10.8. The number of hydrogen-bond donors (Lipinski definition) is 1. The van der Waals surface area contributed by atoms with Crippen LogP contribution in [0.3, 0.4) is 0 Å². The third-order valence-electron chi connectivity index (χ3n) is 4.56. The number of benzene rings is 3. The van der Waals surface area contributed by atoms with Crippen LogP contribution in [0.4, 0.5) is 0 Å². The van der Waals surface area contributed by atoms with Crippen molar-refractivity contribution in [3.63, 3.8) is 0 Å². The molecule has 4 heteroatoms. The van der Waals surface area contributed by atoms with Crippen LogP contribution in [0.1, 0.15) is 10.4 Å². The lowest BCUT2D eigenvalue weighted by Crippen LogP contribution is -2.23. The van der Waals surface area contributed by atoms with E-state index in [4.69, 9.17) is 4.74 Å². The van der Waals surface area contributed by atoms with Gasteiger partial charge in [0.15, 0.2) is 0 Å². The van der Waals surface area contributed by atoms with Gasteiger partial charge in [0.25, 0.3) is 0 Å². The van der Waals surface area contributed by atoms with E-state index in [0.29, 0.717) is 5.56 Å². The Hall–Kier alpha value is -2.85. The molecule has 0 spiro atoms. The monoisotopic (exact) mass is 362 g/mol. The van der Waals surface area contributed by atoms with Crippen LogP contribution in [0, 0.1) is 0 Å². The van der Waals surface area contributed by atoms with Crippen molar-refractivity contribution in [1.29, 1.82) is 0 Å². The van der Waals surface area contributed by atoms with E-state index in [1.54, 1.807) is 13.2 Å². The molecule has 0 amide bonds. The van der Waals surface area contributed by atoms with Crippen molar-refractivity contribution in [3.05, 3.63) is 72.3 Å². The van der Waals surface area contributed by atoms with Crippen molar-refractivity contribution in [2.45, 2.75) is 13.1 Å². The second-order valence-corrected chi connectivity index (χ2v) is 9.55. The van der Waals surface area contributed by atoms with E-state index in [0.717, 1.165) is 28.0 Å². The molecular weight excluding hydrogens is 340 g/mol. The molecule has 0 saturated heterocycles. The summed E-state index contributed by atoms with van der Waals surface area (Å²) < 4.78 is 5.20. The third-order valence-corrected chi connectivity index (χ3v) is 6.25. The minimum absolute atomic E-state index is 0.348. The zero-order chi connectivity index (χ0) is 18.7. The van der Waals surface area contributed by atoms with Crippen molar-refractivity contribution in [2.75, 3.05) is 7.11 Å². The van der Waals surface area contributed by atoms with Crippen LogP contribution in [0.5, 0.6) is 5.75 Å². The smallest absolute Gasteiger partial charge is 0.336 e. The zero-order valence-corrected chi connectivity index (χ0v) is 16.3. The van der Waals surface area contributed by atoms with Crippen molar-refractivity contribution in [2.24, 2.45) is 0 Å². The minimum atomic E-state index is -1.00. The summed E-state index contributed by atoms with van der Waals surface area (Å²) in [5.74, 6) is -0.0673. The highest BCUT2D eigenvalue weighted by Gasteiger charge is 2.14. The van der Waals surface area contributed by atoms with Gasteiger partial charge in [-0.15, -0.1) is 0 Å². The molecule has 0 aliphatic carbocycles. The summed E-state index contributed by atoms with van der Waals surface area (Å²) in [6, 6.07) is 21.7. The first kappa shape index (κ1) is 18.0. The summed E-state index contributed by atoms with van der Waals surface area (Å²) in [5, 5.41) is 10.8. The molecule has 0 heterocycles. The number of methoxy groups -OCH3 is 1. The number of carboxylic acids is 1. The average molecular weight is 363 g/mol. The fraction of sp³-hybridized carbons (Fsp3) is 0.136. The molecule has 0 bridgehead atoms. The molecule has 3 rings (SSSR count). The molecule has 0 aromatic heterocycles. The fourth-order valence-electron chi connectivity index (χ4n) is 2.97. The molecule has 0 fully saturated rings. The van der Waals surface area contributed by atoms with Gasteiger partial charge in [0.05, 0.1) is 21.5 Å². The van der Waals surface area contributed by atoms with Crippen molar-refractivity contribution < 1.29 is 14.6 Å². The highest BCUT2D eigenvalue weighted by atomic mass is 28.3. The Morgan fingerprint density at radius 3 is 1.88 bits per heavy atom. The summed E-state index contributed by atoms with van der Waals surface area (Å²) in [4.78, 5) is 11.6. The van der Waals surface area contributed by atoms with Crippen molar-refractivity contribution >= 4 is 20.0 Å². The van der Waals surface area contributed by atoms with E-state index in [1.165, 1.54) is 5.19 Å². The predicted octanol–water partition coefficient (Wildman–Crippen LogP) is 4.42. The van der Waals surface area contributed by atoms with E-state index >= 15 is 0 Å². The molecule has 3 nitrogen and oxygen atoms in total. The van der Waals surface area contributed by atoms with Crippen LogP contribution in [-0.4, -0.2) is 27.0 Å². The molecular formula is C22H22O3Si.